The molecule has 1 aliphatic rings. The van der Waals surface area contributed by atoms with Crippen LogP contribution in [0.2, 0.25) is 0 Å². The maximum Gasteiger partial charge on any atom is 0.319 e. The van der Waals surface area contributed by atoms with E-state index >= 15 is 0 Å². The zero-order valence-electron chi connectivity index (χ0n) is 10.4. The first-order valence-corrected chi connectivity index (χ1v) is 6.23. The zero-order valence-corrected chi connectivity index (χ0v) is 10.4. The number of carbonyl (C=O) groups is 1. The van der Waals surface area contributed by atoms with E-state index in [4.69, 9.17) is 10.5 Å². The molecule has 0 atom stereocenters. The van der Waals surface area contributed by atoms with Gasteiger partial charge in [0.1, 0.15) is 6.10 Å². The van der Waals surface area contributed by atoms with E-state index in [1.165, 1.54) is 6.42 Å². The molecule has 0 radical (unpaired) electrons. The molecule has 0 aliphatic carbocycles. The van der Waals surface area contributed by atoms with Gasteiger partial charge in [0.05, 0.1) is 6.54 Å². The van der Waals surface area contributed by atoms with Crippen molar-refractivity contribution in [2.75, 3.05) is 26.2 Å². The predicted molar refractivity (Wildman–Crippen MR) is 64.1 cm³/mol. The van der Waals surface area contributed by atoms with Crippen LogP contribution in [0.1, 0.15) is 33.1 Å². The third-order valence-corrected chi connectivity index (χ3v) is 3.02. The fraction of sp³-hybridized carbons (Fsp3) is 0.917. The van der Waals surface area contributed by atoms with Crippen molar-refractivity contribution in [2.24, 2.45) is 11.7 Å². The second-order valence-corrected chi connectivity index (χ2v) is 4.92. The van der Waals surface area contributed by atoms with Crippen LogP contribution in [0.4, 0.5) is 0 Å². The number of rotatable bonds is 5. The van der Waals surface area contributed by atoms with Gasteiger partial charge in [-0.2, -0.15) is 0 Å². The average Bonchev–Trinajstić information content (AvgIpc) is 2.28. The smallest absolute Gasteiger partial charge is 0.319 e. The zero-order chi connectivity index (χ0) is 12.0. The maximum absolute atomic E-state index is 11.0. The highest BCUT2D eigenvalue weighted by molar-refractivity contribution is 5.71. The van der Waals surface area contributed by atoms with Crippen LogP contribution in [-0.2, 0) is 9.53 Å². The quantitative estimate of drug-likeness (QED) is 0.713. The Labute approximate surface area is 98.1 Å². The average molecular weight is 228 g/mol. The Bertz CT molecular complexity index is 211. The second-order valence-electron chi connectivity index (χ2n) is 4.92. The molecule has 0 spiro atoms. The minimum absolute atomic E-state index is 0.00639. The Morgan fingerprint density at radius 2 is 2.06 bits per heavy atom. The van der Waals surface area contributed by atoms with E-state index < -0.39 is 0 Å². The molecular weight excluding hydrogens is 204 g/mol. The normalized spacial score (nSPS) is 19.0. The minimum atomic E-state index is -0.277. The van der Waals surface area contributed by atoms with Crippen molar-refractivity contribution >= 4 is 5.97 Å². The maximum atomic E-state index is 11.0. The summed E-state index contributed by atoms with van der Waals surface area (Å²) in [6.45, 7) is 7.72. The summed E-state index contributed by atoms with van der Waals surface area (Å²) in [6.07, 6.45) is 3.23. The fourth-order valence-electron chi connectivity index (χ4n) is 1.93. The minimum Gasteiger partial charge on any atom is -0.461 e. The topological polar surface area (TPSA) is 55.6 Å². The van der Waals surface area contributed by atoms with E-state index in [0.29, 0.717) is 0 Å². The summed E-state index contributed by atoms with van der Waals surface area (Å²) in [7, 11) is 0. The number of hydrogen-bond acceptors (Lipinski definition) is 4. The largest absolute Gasteiger partial charge is 0.461 e. The summed E-state index contributed by atoms with van der Waals surface area (Å²) in [4.78, 5) is 13.5. The molecular formula is C12H24N2O2. The van der Waals surface area contributed by atoms with Gasteiger partial charge in [0.2, 0.25) is 0 Å². The molecule has 1 aliphatic heterocycles. The SMILES string of the molecule is CC(C)CCN1CCC(OC(=O)CN)CC1. The molecule has 1 saturated heterocycles. The molecule has 4 heteroatoms. The molecule has 0 aromatic rings. The first-order valence-electron chi connectivity index (χ1n) is 6.23. The molecule has 0 bridgehead atoms. The third kappa shape index (κ3) is 4.94. The summed E-state index contributed by atoms with van der Waals surface area (Å²) in [5, 5.41) is 0. The second kappa shape index (κ2) is 6.86. The molecule has 16 heavy (non-hydrogen) atoms. The van der Waals surface area contributed by atoms with Crippen LogP contribution in [0, 0.1) is 5.92 Å². The molecule has 0 amide bonds. The number of nitrogens with zero attached hydrogens (tertiary/aromatic N) is 1. The standard InChI is InChI=1S/C12H24N2O2/c1-10(2)3-6-14-7-4-11(5-8-14)16-12(15)9-13/h10-11H,3-9,13H2,1-2H3. The summed E-state index contributed by atoms with van der Waals surface area (Å²) >= 11 is 0. The van der Waals surface area contributed by atoms with Crippen LogP contribution in [0.5, 0.6) is 0 Å². The summed E-state index contributed by atoms with van der Waals surface area (Å²) < 4.78 is 5.22. The first-order chi connectivity index (χ1) is 7.61. The van der Waals surface area contributed by atoms with Gasteiger partial charge in [0, 0.05) is 13.1 Å². The van der Waals surface area contributed by atoms with Crippen LogP contribution in [0.15, 0.2) is 0 Å². The van der Waals surface area contributed by atoms with Gasteiger partial charge < -0.3 is 15.4 Å². The summed E-state index contributed by atoms with van der Waals surface area (Å²) in [5.41, 5.74) is 5.21. The molecule has 0 unspecified atom stereocenters. The molecule has 1 heterocycles. The summed E-state index contributed by atoms with van der Waals surface area (Å²) in [5.74, 6) is 0.480. The fourth-order valence-corrected chi connectivity index (χ4v) is 1.93. The predicted octanol–water partition coefficient (Wildman–Crippen LogP) is 0.999. The van der Waals surface area contributed by atoms with Gasteiger partial charge in [-0.3, -0.25) is 4.79 Å². The lowest BCUT2D eigenvalue weighted by molar-refractivity contribution is -0.149. The Hall–Kier alpha value is -0.610. The van der Waals surface area contributed by atoms with E-state index in [9.17, 15) is 4.79 Å². The molecule has 1 rings (SSSR count). The van der Waals surface area contributed by atoms with Gasteiger partial charge in [-0.05, 0) is 31.7 Å². The monoisotopic (exact) mass is 228 g/mol. The van der Waals surface area contributed by atoms with Crippen LogP contribution < -0.4 is 5.73 Å². The number of piperidine rings is 1. The number of nitrogens with two attached hydrogens (primary N) is 1. The number of esters is 1. The molecule has 2 N–H and O–H groups in total. The van der Waals surface area contributed by atoms with Crippen LogP contribution >= 0.6 is 0 Å². The van der Waals surface area contributed by atoms with Gasteiger partial charge in [-0.25, -0.2) is 0 Å². The summed E-state index contributed by atoms with van der Waals surface area (Å²) in [6, 6.07) is 0. The van der Waals surface area contributed by atoms with Crippen LogP contribution in [0.3, 0.4) is 0 Å². The van der Waals surface area contributed by atoms with E-state index in [2.05, 4.69) is 18.7 Å². The van der Waals surface area contributed by atoms with Crippen LogP contribution in [0.25, 0.3) is 0 Å². The Balaban J connectivity index is 2.16. The number of carbonyl (C=O) groups excluding carboxylic acids is 1. The van der Waals surface area contributed by atoms with E-state index in [0.717, 1.165) is 38.4 Å². The molecule has 4 nitrogen and oxygen atoms in total. The Kier molecular flexibility index (Phi) is 5.77. The van der Waals surface area contributed by atoms with Crippen LogP contribution in [-0.4, -0.2) is 43.2 Å². The van der Waals surface area contributed by atoms with Crippen molar-refractivity contribution in [3.63, 3.8) is 0 Å². The molecule has 1 fully saturated rings. The van der Waals surface area contributed by atoms with Crippen molar-refractivity contribution < 1.29 is 9.53 Å². The van der Waals surface area contributed by atoms with Crippen molar-refractivity contribution in [3.8, 4) is 0 Å². The van der Waals surface area contributed by atoms with Gasteiger partial charge in [-0.1, -0.05) is 13.8 Å². The lowest BCUT2D eigenvalue weighted by atomic mass is 10.1. The highest BCUT2D eigenvalue weighted by atomic mass is 16.5. The Morgan fingerprint density at radius 1 is 1.44 bits per heavy atom. The van der Waals surface area contributed by atoms with Crippen molar-refractivity contribution in [2.45, 2.75) is 39.2 Å². The van der Waals surface area contributed by atoms with E-state index in [1.807, 2.05) is 0 Å². The molecule has 0 aromatic heterocycles. The molecule has 0 aromatic carbocycles. The number of hydrogen-bond donors (Lipinski definition) is 1. The highest BCUT2D eigenvalue weighted by Crippen LogP contribution is 2.15. The molecule has 0 saturated carbocycles. The van der Waals surface area contributed by atoms with Crippen molar-refractivity contribution in [3.05, 3.63) is 0 Å². The van der Waals surface area contributed by atoms with Gasteiger partial charge >= 0.3 is 5.97 Å². The highest BCUT2D eigenvalue weighted by Gasteiger charge is 2.21. The van der Waals surface area contributed by atoms with Gasteiger partial charge in [0.25, 0.3) is 0 Å². The third-order valence-electron chi connectivity index (χ3n) is 3.02. The first kappa shape index (κ1) is 13.5. The number of ether oxygens (including phenoxy) is 1. The lowest BCUT2D eigenvalue weighted by Gasteiger charge is -2.31. The lowest BCUT2D eigenvalue weighted by Crippen LogP contribution is -2.39. The number of likely N-dealkylation sites (tertiary alicyclic amines) is 1. The van der Waals surface area contributed by atoms with E-state index in [1.54, 1.807) is 0 Å². The van der Waals surface area contributed by atoms with Crippen molar-refractivity contribution in [1.82, 2.24) is 4.90 Å². The van der Waals surface area contributed by atoms with Gasteiger partial charge in [-0.15, -0.1) is 0 Å². The van der Waals surface area contributed by atoms with E-state index in [-0.39, 0.29) is 18.6 Å². The van der Waals surface area contributed by atoms with Crippen molar-refractivity contribution in [1.29, 1.82) is 0 Å². The van der Waals surface area contributed by atoms with Gasteiger partial charge in [0.15, 0.2) is 0 Å². The Morgan fingerprint density at radius 3 is 2.56 bits per heavy atom. The molecule has 94 valence electrons.